The van der Waals surface area contributed by atoms with Gasteiger partial charge in [-0.3, -0.25) is 14.4 Å². The van der Waals surface area contributed by atoms with E-state index in [0.29, 0.717) is 61.1 Å². The SMILES string of the molecule is O=C(/C=C/c1ccc2c(c1)CC/C(=C\c1cc(C(F)(F)F)cc(C(F)(F)F)c1)C2=O)NCCCCCC(=O)NOPI. The molecule has 2 amide bonds. The molecule has 1 aliphatic rings. The van der Waals surface area contributed by atoms with E-state index in [-0.39, 0.29) is 41.9 Å². The van der Waals surface area contributed by atoms with E-state index in [9.17, 15) is 40.7 Å². The quantitative estimate of drug-likeness (QED) is 0.0624. The maximum atomic E-state index is 13.2. The highest BCUT2D eigenvalue weighted by Crippen LogP contribution is 2.37. The minimum atomic E-state index is -4.98. The Morgan fingerprint density at radius 3 is 2.26 bits per heavy atom. The van der Waals surface area contributed by atoms with Crippen molar-refractivity contribution in [2.75, 3.05) is 6.54 Å². The molecule has 6 nitrogen and oxygen atoms in total. The van der Waals surface area contributed by atoms with Crippen molar-refractivity contribution < 1.29 is 45.4 Å². The summed E-state index contributed by atoms with van der Waals surface area (Å²) in [7, 11) is 0. The van der Waals surface area contributed by atoms with E-state index in [0.717, 1.165) is 12.5 Å². The minimum Gasteiger partial charge on any atom is -0.353 e. The molecule has 1 unspecified atom stereocenters. The molecule has 1 atom stereocenters. The highest BCUT2D eigenvalue weighted by atomic mass is 127. The van der Waals surface area contributed by atoms with E-state index in [4.69, 9.17) is 4.62 Å². The number of benzene rings is 2. The third-order valence-corrected chi connectivity index (χ3v) is 7.13. The number of hydrogen-bond donors (Lipinski definition) is 2. The van der Waals surface area contributed by atoms with Crippen molar-refractivity contribution in [3.8, 4) is 0 Å². The lowest BCUT2D eigenvalue weighted by atomic mass is 9.85. The summed E-state index contributed by atoms with van der Waals surface area (Å²) >= 11 is 1.99. The number of rotatable bonds is 11. The van der Waals surface area contributed by atoms with Crippen molar-refractivity contribution in [1.82, 2.24) is 10.8 Å². The Morgan fingerprint density at radius 1 is 0.929 bits per heavy atom. The second kappa shape index (κ2) is 15.1. The number of unbranched alkanes of at least 4 members (excludes halogenated alkanes) is 2. The van der Waals surface area contributed by atoms with Crippen LogP contribution in [0.3, 0.4) is 0 Å². The van der Waals surface area contributed by atoms with Crippen LogP contribution in [-0.2, 0) is 33.0 Å². The van der Waals surface area contributed by atoms with Crippen LogP contribution in [0.15, 0.2) is 48.0 Å². The molecule has 42 heavy (non-hydrogen) atoms. The molecule has 0 radical (unpaired) electrons. The van der Waals surface area contributed by atoms with Crippen LogP contribution in [-0.4, -0.2) is 24.1 Å². The Morgan fingerprint density at radius 2 is 1.62 bits per heavy atom. The normalized spacial score (nSPS) is 15.0. The molecule has 0 aliphatic heterocycles. The molecule has 0 aromatic heterocycles. The van der Waals surface area contributed by atoms with Crippen LogP contribution in [0.5, 0.6) is 0 Å². The molecule has 0 bridgehead atoms. The molecule has 1 aliphatic carbocycles. The van der Waals surface area contributed by atoms with Gasteiger partial charge < -0.3 is 5.32 Å². The van der Waals surface area contributed by atoms with Crippen LogP contribution in [0.25, 0.3) is 12.2 Å². The first-order valence-corrected chi connectivity index (χ1v) is 16.7. The molecular weight excluding hydrogens is 700 g/mol. The number of alkyl halides is 6. The molecule has 2 aromatic rings. The van der Waals surface area contributed by atoms with E-state index in [2.05, 4.69) is 10.8 Å². The van der Waals surface area contributed by atoms with Gasteiger partial charge in [0, 0.05) is 30.2 Å². The average molecular weight is 726 g/mol. The van der Waals surface area contributed by atoms with Gasteiger partial charge in [-0.2, -0.15) is 26.3 Å². The van der Waals surface area contributed by atoms with E-state index in [1.54, 1.807) is 18.2 Å². The number of carbonyl (C=O) groups excluding carboxylic acids is 3. The third kappa shape index (κ3) is 10.2. The molecule has 0 saturated carbocycles. The monoisotopic (exact) mass is 726 g/mol. The first-order valence-electron chi connectivity index (χ1n) is 12.7. The predicted molar refractivity (Wildman–Crippen MR) is 156 cm³/mol. The van der Waals surface area contributed by atoms with Crippen LogP contribution in [0, 0.1) is 0 Å². The zero-order valence-corrected chi connectivity index (χ0v) is 25.1. The molecule has 0 spiro atoms. The van der Waals surface area contributed by atoms with Gasteiger partial charge >= 0.3 is 12.4 Å². The summed E-state index contributed by atoms with van der Waals surface area (Å²) in [6.07, 6.45) is -3.08. The highest BCUT2D eigenvalue weighted by molar-refractivity contribution is 14.2. The van der Waals surface area contributed by atoms with Gasteiger partial charge in [0.2, 0.25) is 11.8 Å². The average Bonchev–Trinajstić information content (AvgIpc) is 2.93. The molecule has 0 saturated heterocycles. The summed E-state index contributed by atoms with van der Waals surface area (Å²) < 4.78 is 84.0. The number of ketones is 1. The van der Waals surface area contributed by atoms with Gasteiger partial charge in [0.25, 0.3) is 0 Å². The summed E-state index contributed by atoms with van der Waals surface area (Å²) in [5.41, 5.74) is 0.773. The molecule has 226 valence electrons. The summed E-state index contributed by atoms with van der Waals surface area (Å²) in [5, 5.41) is 2.75. The Hall–Kier alpha value is -2.77. The van der Waals surface area contributed by atoms with E-state index >= 15 is 0 Å². The standard InChI is InChI=1S/C28H26F6IN2O4P/c29-27(30,31)21-14-18(15-22(16-21)28(32,33)34)13-20-8-7-19-12-17(5-9-23(19)26(20)40)6-10-24(38)36-11-3-1-2-4-25(39)37-41-42-35/h5-6,9-10,12-16,42H,1-4,7-8,11H2,(H,36,38)(H,37,39)/b10-6+,20-13+. The number of halogens is 7. The van der Waals surface area contributed by atoms with Gasteiger partial charge in [0.1, 0.15) is 6.45 Å². The van der Waals surface area contributed by atoms with Gasteiger partial charge in [0.05, 0.1) is 11.1 Å². The van der Waals surface area contributed by atoms with Gasteiger partial charge in [-0.1, -0.05) is 24.6 Å². The summed E-state index contributed by atoms with van der Waals surface area (Å²) in [4.78, 5) is 36.6. The first-order chi connectivity index (χ1) is 19.8. The number of allylic oxidation sites excluding steroid dienone is 1. The van der Waals surface area contributed by atoms with Gasteiger partial charge in [0.15, 0.2) is 5.78 Å². The lowest BCUT2D eigenvalue weighted by Gasteiger charge is -2.19. The minimum absolute atomic E-state index is 0.0447. The number of nitrogens with one attached hydrogen (secondary N) is 2. The molecule has 3 rings (SSSR count). The fourth-order valence-electron chi connectivity index (χ4n) is 4.26. The zero-order valence-electron chi connectivity index (χ0n) is 21.9. The molecule has 2 aromatic carbocycles. The molecule has 0 fully saturated rings. The van der Waals surface area contributed by atoms with Gasteiger partial charge in [-0.25, -0.2) is 10.1 Å². The Kier molecular flexibility index (Phi) is 12.1. The van der Waals surface area contributed by atoms with Crippen molar-refractivity contribution in [3.05, 3.63) is 81.4 Å². The van der Waals surface area contributed by atoms with Crippen LogP contribution >= 0.6 is 28.5 Å². The number of fused-ring (bicyclic) bond motifs is 1. The van der Waals surface area contributed by atoms with Crippen LogP contribution in [0.2, 0.25) is 0 Å². The number of amides is 2. The van der Waals surface area contributed by atoms with Gasteiger partial charge in [-0.15, -0.1) is 0 Å². The summed E-state index contributed by atoms with van der Waals surface area (Å²) in [6.45, 7) is 0.572. The number of aryl methyl sites for hydroxylation is 1. The highest BCUT2D eigenvalue weighted by Gasteiger charge is 2.37. The summed E-state index contributed by atoms with van der Waals surface area (Å²) in [6, 6.07) is 6.06. The number of carbonyl (C=O) groups is 3. The summed E-state index contributed by atoms with van der Waals surface area (Å²) in [5.74, 6) is -0.992. The van der Waals surface area contributed by atoms with Crippen molar-refractivity contribution in [2.45, 2.75) is 50.9 Å². The smallest absolute Gasteiger partial charge is 0.353 e. The zero-order chi connectivity index (χ0) is 30.9. The Balaban J connectivity index is 1.60. The van der Waals surface area contributed by atoms with E-state index in [1.165, 1.54) is 12.1 Å². The second-order valence-corrected chi connectivity index (χ2v) is 11.1. The van der Waals surface area contributed by atoms with Crippen molar-refractivity contribution >= 4 is 58.2 Å². The lowest BCUT2D eigenvalue weighted by Crippen LogP contribution is -2.22. The van der Waals surface area contributed by atoms with Crippen molar-refractivity contribution in [1.29, 1.82) is 0 Å². The molecular formula is C28H26F6IN2O4P. The Labute approximate surface area is 252 Å². The molecule has 2 N–H and O–H groups in total. The molecule has 14 heteroatoms. The molecule has 0 heterocycles. The third-order valence-electron chi connectivity index (χ3n) is 6.29. The number of hydroxylamine groups is 1. The van der Waals surface area contributed by atoms with Crippen LogP contribution in [0.1, 0.15) is 70.3 Å². The number of Topliss-reactive ketones (excluding diaryl/α,β-unsaturated/α-hetero) is 1. The fraction of sp³-hybridized carbons (Fsp3) is 0.321. The maximum Gasteiger partial charge on any atom is 0.416 e. The largest absolute Gasteiger partial charge is 0.416 e. The van der Waals surface area contributed by atoms with E-state index < -0.39 is 29.3 Å². The lowest BCUT2D eigenvalue weighted by molar-refractivity contribution is -0.143. The topological polar surface area (TPSA) is 84.5 Å². The van der Waals surface area contributed by atoms with Crippen molar-refractivity contribution in [2.24, 2.45) is 0 Å². The predicted octanol–water partition coefficient (Wildman–Crippen LogP) is 7.62. The van der Waals surface area contributed by atoms with Gasteiger partial charge in [-0.05, 0) is 94.8 Å². The fourth-order valence-corrected chi connectivity index (χ4v) is 4.74. The van der Waals surface area contributed by atoms with Crippen LogP contribution < -0.4 is 10.8 Å². The van der Waals surface area contributed by atoms with Crippen LogP contribution in [0.4, 0.5) is 26.3 Å². The number of hydrogen-bond acceptors (Lipinski definition) is 4. The maximum absolute atomic E-state index is 13.2. The second-order valence-electron chi connectivity index (χ2n) is 9.39. The first kappa shape index (κ1) is 33.7. The van der Waals surface area contributed by atoms with E-state index in [1.807, 2.05) is 22.0 Å². The van der Waals surface area contributed by atoms with Crippen molar-refractivity contribution in [3.63, 3.8) is 0 Å². The Bertz CT molecular complexity index is 1340.